The third kappa shape index (κ3) is 9.84. The number of hydrogen-bond donors (Lipinski definition) is 2. The second-order valence-corrected chi connectivity index (χ2v) is 8.60. The first kappa shape index (κ1) is 23.5. The molecule has 1 aliphatic rings. The summed E-state index contributed by atoms with van der Waals surface area (Å²) in [5.74, 6) is 1.19. The van der Waals surface area contributed by atoms with E-state index in [1.54, 1.807) is 7.05 Å². The molecule has 158 valence electrons. The molecule has 1 rings (SSSR count). The maximum atomic E-state index is 12.1. The van der Waals surface area contributed by atoms with Gasteiger partial charge in [0.2, 0.25) is 0 Å². The van der Waals surface area contributed by atoms with E-state index in [4.69, 9.17) is 9.47 Å². The van der Waals surface area contributed by atoms with E-state index in [0.29, 0.717) is 12.0 Å². The van der Waals surface area contributed by atoms with Crippen molar-refractivity contribution in [1.29, 1.82) is 0 Å². The Bertz CT molecular complexity index is 468. The number of ether oxygens (including phenoxy) is 2. The van der Waals surface area contributed by atoms with E-state index >= 15 is 0 Å². The third-order valence-corrected chi connectivity index (χ3v) is 4.63. The number of guanidine groups is 1. The summed E-state index contributed by atoms with van der Waals surface area (Å²) in [5.41, 5.74) is -0.489. The molecule has 2 atom stereocenters. The van der Waals surface area contributed by atoms with E-state index in [1.165, 1.54) is 6.42 Å². The van der Waals surface area contributed by atoms with E-state index < -0.39 is 5.60 Å². The zero-order chi connectivity index (χ0) is 20.4. The molecule has 0 aromatic rings. The zero-order valence-corrected chi connectivity index (χ0v) is 18.3. The van der Waals surface area contributed by atoms with Crippen LogP contribution in [0.1, 0.15) is 60.3 Å². The molecule has 2 N–H and O–H groups in total. The SMILES string of the molecule is CN=C(NCCC1CCCO1)N(C)CCC(NC(=O)OC(C)(C)C)C(C)C. The molecule has 0 bridgehead atoms. The molecule has 0 radical (unpaired) electrons. The monoisotopic (exact) mass is 384 g/mol. The lowest BCUT2D eigenvalue weighted by atomic mass is 10.0. The van der Waals surface area contributed by atoms with Crippen LogP contribution in [0, 0.1) is 5.92 Å². The van der Waals surface area contributed by atoms with Gasteiger partial charge < -0.3 is 25.0 Å². The molecule has 0 spiro atoms. The number of amides is 1. The van der Waals surface area contributed by atoms with Gasteiger partial charge in [0.1, 0.15) is 5.60 Å². The third-order valence-electron chi connectivity index (χ3n) is 4.63. The first-order valence-electron chi connectivity index (χ1n) is 10.1. The molecule has 7 heteroatoms. The summed E-state index contributed by atoms with van der Waals surface area (Å²) in [4.78, 5) is 18.5. The smallest absolute Gasteiger partial charge is 0.407 e. The summed E-state index contributed by atoms with van der Waals surface area (Å²) in [5, 5.41) is 6.41. The average Bonchev–Trinajstić information content (AvgIpc) is 3.06. The van der Waals surface area contributed by atoms with Gasteiger partial charge in [0.05, 0.1) is 6.10 Å². The minimum absolute atomic E-state index is 0.0484. The van der Waals surface area contributed by atoms with Crippen LogP contribution in [0.2, 0.25) is 0 Å². The number of alkyl carbamates (subject to hydrolysis) is 1. The number of nitrogens with one attached hydrogen (secondary N) is 2. The summed E-state index contributed by atoms with van der Waals surface area (Å²) in [7, 11) is 3.82. The van der Waals surface area contributed by atoms with Gasteiger partial charge in [-0.05, 0) is 52.4 Å². The molecule has 0 aromatic carbocycles. The highest BCUT2D eigenvalue weighted by Crippen LogP contribution is 2.14. The lowest BCUT2D eigenvalue weighted by molar-refractivity contribution is 0.0486. The van der Waals surface area contributed by atoms with E-state index in [9.17, 15) is 4.79 Å². The van der Waals surface area contributed by atoms with Crippen LogP contribution in [-0.4, -0.2) is 68.5 Å². The molecular formula is C20H40N4O3. The second kappa shape index (κ2) is 11.4. The van der Waals surface area contributed by atoms with E-state index in [-0.39, 0.29) is 12.1 Å². The summed E-state index contributed by atoms with van der Waals surface area (Å²) in [6, 6.07) is 0.0484. The van der Waals surface area contributed by atoms with Crippen LogP contribution in [0.3, 0.4) is 0 Å². The first-order valence-corrected chi connectivity index (χ1v) is 10.1. The number of hydrogen-bond acceptors (Lipinski definition) is 4. The van der Waals surface area contributed by atoms with Gasteiger partial charge in [0.25, 0.3) is 0 Å². The van der Waals surface area contributed by atoms with Gasteiger partial charge in [-0.25, -0.2) is 4.79 Å². The molecule has 27 heavy (non-hydrogen) atoms. The Morgan fingerprint density at radius 3 is 2.59 bits per heavy atom. The van der Waals surface area contributed by atoms with Gasteiger partial charge in [-0.2, -0.15) is 0 Å². The standard InChI is InChI=1S/C20H40N4O3/c1-15(2)17(23-19(25)27-20(3,4)5)11-13-24(7)18(21-6)22-12-10-16-9-8-14-26-16/h15-17H,8-14H2,1-7H3,(H,21,22)(H,23,25). The number of rotatable bonds is 8. The number of nitrogens with zero attached hydrogens (tertiary/aromatic N) is 2. The zero-order valence-electron chi connectivity index (χ0n) is 18.3. The molecule has 0 aromatic heterocycles. The van der Waals surface area contributed by atoms with Crippen LogP contribution in [0.15, 0.2) is 4.99 Å². The van der Waals surface area contributed by atoms with Crippen LogP contribution in [-0.2, 0) is 9.47 Å². The van der Waals surface area contributed by atoms with Crippen molar-refractivity contribution < 1.29 is 14.3 Å². The molecular weight excluding hydrogens is 344 g/mol. The highest BCUT2D eigenvalue weighted by Gasteiger charge is 2.22. The number of carbonyl (C=O) groups is 1. The first-order chi connectivity index (χ1) is 12.6. The van der Waals surface area contributed by atoms with Crippen LogP contribution < -0.4 is 10.6 Å². The second-order valence-electron chi connectivity index (χ2n) is 8.60. The lowest BCUT2D eigenvalue weighted by Crippen LogP contribution is -2.45. The van der Waals surface area contributed by atoms with Crippen molar-refractivity contribution in [3.05, 3.63) is 0 Å². The molecule has 1 aliphatic heterocycles. The minimum Gasteiger partial charge on any atom is -0.444 e. The van der Waals surface area contributed by atoms with Crippen molar-refractivity contribution in [1.82, 2.24) is 15.5 Å². The predicted octanol–water partition coefficient (Wildman–Crippen LogP) is 3.00. The van der Waals surface area contributed by atoms with Gasteiger partial charge in [0, 0.05) is 39.8 Å². The number of carbonyl (C=O) groups excluding carboxylic acids is 1. The van der Waals surface area contributed by atoms with Gasteiger partial charge in [-0.3, -0.25) is 4.99 Å². The Morgan fingerprint density at radius 2 is 2.07 bits per heavy atom. The Kier molecular flexibility index (Phi) is 9.91. The van der Waals surface area contributed by atoms with Gasteiger partial charge in [-0.15, -0.1) is 0 Å². The fourth-order valence-electron chi connectivity index (χ4n) is 3.07. The summed E-state index contributed by atoms with van der Waals surface area (Å²) in [6.07, 6.45) is 4.16. The van der Waals surface area contributed by atoms with Crippen LogP contribution in [0.4, 0.5) is 4.79 Å². The Balaban J connectivity index is 2.41. The molecule has 1 fully saturated rings. The maximum absolute atomic E-state index is 12.1. The predicted molar refractivity (Wildman–Crippen MR) is 110 cm³/mol. The van der Waals surface area contributed by atoms with E-state index in [2.05, 4.69) is 34.4 Å². The van der Waals surface area contributed by atoms with Crippen molar-refractivity contribution in [2.24, 2.45) is 10.9 Å². The summed E-state index contributed by atoms with van der Waals surface area (Å²) in [6.45, 7) is 12.4. The molecule has 7 nitrogen and oxygen atoms in total. The summed E-state index contributed by atoms with van der Waals surface area (Å²) < 4.78 is 11.0. The molecule has 1 saturated heterocycles. The van der Waals surface area contributed by atoms with Crippen molar-refractivity contribution in [3.8, 4) is 0 Å². The maximum Gasteiger partial charge on any atom is 0.407 e. The molecule has 0 aliphatic carbocycles. The van der Waals surface area contributed by atoms with Crippen LogP contribution >= 0.6 is 0 Å². The highest BCUT2D eigenvalue weighted by molar-refractivity contribution is 5.79. The van der Waals surface area contributed by atoms with Crippen molar-refractivity contribution in [2.45, 2.75) is 78.0 Å². The molecule has 2 unspecified atom stereocenters. The average molecular weight is 385 g/mol. The number of aliphatic imine (C=N–C) groups is 1. The van der Waals surface area contributed by atoms with E-state index in [1.807, 2.05) is 27.8 Å². The highest BCUT2D eigenvalue weighted by atomic mass is 16.6. The van der Waals surface area contributed by atoms with Gasteiger partial charge in [0.15, 0.2) is 5.96 Å². The molecule has 0 saturated carbocycles. The minimum atomic E-state index is -0.489. The van der Waals surface area contributed by atoms with Crippen LogP contribution in [0.5, 0.6) is 0 Å². The Hall–Kier alpha value is -1.50. The summed E-state index contributed by atoms with van der Waals surface area (Å²) >= 11 is 0. The normalized spacial score (nSPS) is 19.1. The molecule has 1 heterocycles. The van der Waals surface area contributed by atoms with Crippen molar-refractivity contribution in [2.75, 3.05) is 33.8 Å². The topological polar surface area (TPSA) is 75.2 Å². The van der Waals surface area contributed by atoms with E-state index in [0.717, 1.165) is 44.9 Å². The van der Waals surface area contributed by atoms with Gasteiger partial charge >= 0.3 is 6.09 Å². The van der Waals surface area contributed by atoms with Crippen molar-refractivity contribution >= 4 is 12.1 Å². The Labute approximate surface area is 165 Å². The van der Waals surface area contributed by atoms with Gasteiger partial charge in [-0.1, -0.05) is 13.8 Å². The quantitative estimate of drug-likeness (QED) is 0.497. The lowest BCUT2D eigenvalue weighted by Gasteiger charge is -2.28. The van der Waals surface area contributed by atoms with Crippen LogP contribution in [0.25, 0.3) is 0 Å². The van der Waals surface area contributed by atoms with Crippen molar-refractivity contribution in [3.63, 3.8) is 0 Å². The fourth-order valence-corrected chi connectivity index (χ4v) is 3.07. The fraction of sp³-hybridized carbons (Fsp3) is 0.900. The molecule has 1 amide bonds. The Morgan fingerprint density at radius 1 is 1.37 bits per heavy atom. The largest absolute Gasteiger partial charge is 0.444 e.